The highest BCUT2D eigenvalue weighted by atomic mass is 15.3. The second kappa shape index (κ2) is 3.66. The normalized spacial score (nSPS) is 19.8. The van der Waals surface area contributed by atoms with Gasteiger partial charge in [-0.05, 0) is 13.8 Å². The molecule has 0 bridgehead atoms. The first-order valence-corrected chi connectivity index (χ1v) is 5.80. The minimum atomic E-state index is 0.110. The molecule has 17 heavy (non-hydrogen) atoms. The molecule has 0 aromatic carbocycles. The van der Waals surface area contributed by atoms with E-state index in [4.69, 9.17) is 0 Å². The summed E-state index contributed by atoms with van der Waals surface area (Å²) >= 11 is 0. The van der Waals surface area contributed by atoms with E-state index >= 15 is 0 Å². The highest BCUT2D eigenvalue weighted by Crippen LogP contribution is 2.23. The van der Waals surface area contributed by atoms with Gasteiger partial charge in [-0.3, -0.25) is 5.10 Å². The van der Waals surface area contributed by atoms with Crippen molar-refractivity contribution >= 4 is 16.9 Å². The number of aromatic nitrogens is 4. The van der Waals surface area contributed by atoms with Gasteiger partial charge in [-0.15, -0.1) is 0 Å². The maximum atomic E-state index is 4.40. The summed E-state index contributed by atoms with van der Waals surface area (Å²) in [6.07, 6.45) is 3.38. The minimum Gasteiger partial charge on any atom is -0.353 e. The Balaban J connectivity index is 2.00. The minimum absolute atomic E-state index is 0.110. The van der Waals surface area contributed by atoms with E-state index < -0.39 is 0 Å². The van der Waals surface area contributed by atoms with Crippen molar-refractivity contribution < 1.29 is 0 Å². The third-order valence-corrected chi connectivity index (χ3v) is 3.10. The van der Waals surface area contributed by atoms with Crippen LogP contribution >= 0.6 is 0 Å². The van der Waals surface area contributed by atoms with Crippen LogP contribution in [0.3, 0.4) is 0 Å². The topological polar surface area (TPSA) is 69.7 Å². The van der Waals surface area contributed by atoms with E-state index in [1.54, 1.807) is 12.5 Å². The van der Waals surface area contributed by atoms with Crippen molar-refractivity contribution in [2.45, 2.75) is 19.4 Å². The second-order valence-corrected chi connectivity index (χ2v) is 5.06. The van der Waals surface area contributed by atoms with Gasteiger partial charge in [0.25, 0.3) is 0 Å². The van der Waals surface area contributed by atoms with E-state index in [-0.39, 0.29) is 5.54 Å². The number of nitrogens with one attached hydrogen (secondary N) is 2. The SMILES string of the molecule is CC1(C)CN(c2ncnc3[nH]ncc23)CCN1. The Bertz CT molecular complexity index is 531. The zero-order valence-corrected chi connectivity index (χ0v) is 10.1. The molecular weight excluding hydrogens is 216 g/mol. The fourth-order valence-corrected chi connectivity index (χ4v) is 2.33. The molecule has 0 atom stereocenters. The molecule has 1 aliphatic rings. The van der Waals surface area contributed by atoms with Crippen LogP contribution in [0.15, 0.2) is 12.5 Å². The molecule has 0 saturated carbocycles. The van der Waals surface area contributed by atoms with Gasteiger partial charge in [-0.2, -0.15) is 5.10 Å². The van der Waals surface area contributed by atoms with E-state index in [0.717, 1.165) is 36.5 Å². The predicted octanol–water partition coefficient (Wildman–Crippen LogP) is 0.541. The standard InChI is InChI=1S/C11H16N6/c1-11(2)6-17(4-3-14-11)10-8-5-15-16-9(8)12-7-13-10/h5,7,14H,3-4,6H2,1-2H3,(H,12,13,15,16). The molecule has 6 nitrogen and oxygen atoms in total. The number of hydrogen-bond donors (Lipinski definition) is 2. The van der Waals surface area contributed by atoms with Crippen LogP contribution in [0.4, 0.5) is 5.82 Å². The first-order valence-electron chi connectivity index (χ1n) is 5.80. The van der Waals surface area contributed by atoms with Crippen molar-refractivity contribution in [3.8, 4) is 0 Å². The molecule has 0 radical (unpaired) electrons. The maximum absolute atomic E-state index is 4.40. The first kappa shape index (κ1) is 10.5. The third-order valence-electron chi connectivity index (χ3n) is 3.10. The monoisotopic (exact) mass is 232 g/mol. The van der Waals surface area contributed by atoms with Crippen molar-refractivity contribution in [2.75, 3.05) is 24.5 Å². The fourth-order valence-electron chi connectivity index (χ4n) is 2.33. The zero-order chi connectivity index (χ0) is 11.9. The molecule has 0 aliphatic carbocycles. The number of H-pyrrole nitrogens is 1. The van der Waals surface area contributed by atoms with Crippen LogP contribution in [0.25, 0.3) is 11.0 Å². The lowest BCUT2D eigenvalue weighted by atomic mass is 10.0. The van der Waals surface area contributed by atoms with Crippen molar-refractivity contribution in [1.82, 2.24) is 25.5 Å². The molecule has 90 valence electrons. The summed E-state index contributed by atoms with van der Waals surface area (Å²) in [7, 11) is 0. The van der Waals surface area contributed by atoms with E-state index in [2.05, 4.69) is 44.2 Å². The van der Waals surface area contributed by atoms with E-state index in [1.165, 1.54) is 0 Å². The summed E-state index contributed by atoms with van der Waals surface area (Å²) in [5.41, 5.74) is 0.908. The molecule has 3 heterocycles. The van der Waals surface area contributed by atoms with Crippen LogP contribution in [-0.2, 0) is 0 Å². The van der Waals surface area contributed by atoms with Crippen LogP contribution in [0.1, 0.15) is 13.8 Å². The Kier molecular flexibility index (Phi) is 2.25. The zero-order valence-electron chi connectivity index (χ0n) is 10.1. The first-order chi connectivity index (χ1) is 8.16. The van der Waals surface area contributed by atoms with Crippen LogP contribution in [-0.4, -0.2) is 45.3 Å². The van der Waals surface area contributed by atoms with Gasteiger partial charge in [-0.25, -0.2) is 9.97 Å². The van der Waals surface area contributed by atoms with Gasteiger partial charge in [0, 0.05) is 25.2 Å². The summed E-state index contributed by atoms with van der Waals surface area (Å²) in [5.74, 6) is 0.971. The highest BCUT2D eigenvalue weighted by Gasteiger charge is 2.27. The largest absolute Gasteiger partial charge is 0.353 e. The fraction of sp³-hybridized carbons (Fsp3) is 0.545. The van der Waals surface area contributed by atoms with E-state index in [0.29, 0.717) is 0 Å². The number of anilines is 1. The van der Waals surface area contributed by atoms with Gasteiger partial charge in [0.1, 0.15) is 12.1 Å². The average Bonchev–Trinajstić information content (AvgIpc) is 2.75. The molecular formula is C11H16N6. The second-order valence-electron chi connectivity index (χ2n) is 5.06. The molecule has 1 aliphatic heterocycles. The predicted molar refractivity (Wildman–Crippen MR) is 66.0 cm³/mol. The number of nitrogens with zero attached hydrogens (tertiary/aromatic N) is 4. The summed E-state index contributed by atoms with van der Waals surface area (Å²) < 4.78 is 0. The van der Waals surface area contributed by atoms with Crippen molar-refractivity contribution in [3.05, 3.63) is 12.5 Å². The Morgan fingerprint density at radius 1 is 1.35 bits per heavy atom. The number of hydrogen-bond acceptors (Lipinski definition) is 5. The van der Waals surface area contributed by atoms with Gasteiger partial charge in [0.2, 0.25) is 0 Å². The summed E-state index contributed by atoms with van der Waals surface area (Å²) in [6.45, 7) is 7.27. The molecule has 2 N–H and O–H groups in total. The van der Waals surface area contributed by atoms with Crippen molar-refractivity contribution in [3.63, 3.8) is 0 Å². The molecule has 2 aromatic rings. The molecule has 0 spiro atoms. The third kappa shape index (κ3) is 1.84. The van der Waals surface area contributed by atoms with Crippen LogP contribution < -0.4 is 10.2 Å². The quantitative estimate of drug-likeness (QED) is 0.751. The number of fused-ring (bicyclic) bond motifs is 1. The van der Waals surface area contributed by atoms with Crippen molar-refractivity contribution in [1.29, 1.82) is 0 Å². The molecule has 1 fully saturated rings. The Morgan fingerprint density at radius 3 is 3.06 bits per heavy atom. The maximum Gasteiger partial charge on any atom is 0.160 e. The van der Waals surface area contributed by atoms with E-state index in [1.807, 2.05) is 0 Å². The smallest absolute Gasteiger partial charge is 0.160 e. The molecule has 6 heteroatoms. The Labute approximate surface area is 99.4 Å². The molecule has 3 rings (SSSR count). The molecule has 0 unspecified atom stereocenters. The van der Waals surface area contributed by atoms with Crippen LogP contribution in [0.2, 0.25) is 0 Å². The lowest BCUT2D eigenvalue weighted by molar-refractivity contribution is 0.352. The summed E-state index contributed by atoms with van der Waals surface area (Å²) in [6, 6.07) is 0. The van der Waals surface area contributed by atoms with Gasteiger partial charge in [-0.1, -0.05) is 0 Å². The molecule has 0 amide bonds. The van der Waals surface area contributed by atoms with Gasteiger partial charge < -0.3 is 10.2 Å². The van der Waals surface area contributed by atoms with Crippen molar-refractivity contribution in [2.24, 2.45) is 0 Å². The van der Waals surface area contributed by atoms with Crippen LogP contribution in [0.5, 0.6) is 0 Å². The lowest BCUT2D eigenvalue weighted by Crippen LogP contribution is -2.57. The number of aromatic amines is 1. The summed E-state index contributed by atoms with van der Waals surface area (Å²) in [4.78, 5) is 10.8. The highest BCUT2D eigenvalue weighted by molar-refractivity contribution is 5.86. The van der Waals surface area contributed by atoms with E-state index in [9.17, 15) is 0 Å². The average molecular weight is 232 g/mol. The Morgan fingerprint density at radius 2 is 2.24 bits per heavy atom. The van der Waals surface area contributed by atoms with Gasteiger partial charge in [0.05, 0.1) is 11.6 Å². The van der Waals surface area contributed by atoms with Crippen LogP contribution in [0, 0.1) is 0 Å². The number of rotatable bonds is 1. The molecule has 2 aromatic heterocycles. The Hall–Kier alpha value is -1.69. The number of piperazine rings is 1. The van der Waals surface area contributed by atoms with Gasteiger partial charge >= 0.3 is 0 Å². The van der Waals surface area contributed by atoms with Gasteiger partial charge in [0.15, 0.2) is 5.65 Å². The lowest BCUT2D eigenvalue weighted by Gasteiger charge is -2.39. The summed E-state index contributed by atoms with van der Waals surface area (Å²) in [5, 5.41) is 11.4. The molecule has 1 saturated heterocycles.